The largest absolute Gasteiger partial charge is 0.397 e. The van der Waals surface area contributed by atoms with Gasteiger partial charge in [0.05, 0.1) is 28.7 Å². The summed E-state index contributed by atoms with van der Waals surface area (Å²) in [5, 5.41) is 11.7. The molecule has 0 radical (unpaired) electrons. The molecule has 2 aromatic carbocycles. The van der Waals surface area contributed by atoms with Crippen LogP contribution in [0, 0.1) is 12.7 Å². The highest BCUT2D eigenvalue weighted by atomic mass is 19.1. The van der Waals surface area contributed by atoms with E-state index in [0.29, 0.717) is 52.8 Å². The van der Waals surface area contributed by atoms with Crippen molar-refractivity contribution in [2.75, 3.05) is 35.2 Å². The summed E-state index contributed by atoms with van der Waals surface area (Å²) in [4.78, 5) is 84.4. The summed E-state index contributed by atoms with van der Waals surface area (Å²) in [6.07, 6.45) is 5.42. The van der Waals surface area contributed by atoms with Crippen molar-refractivity contribution in [2.45, 2.75) is 51.5 Å². The van der Waals surface area contributed by atoms with E-state index >= 15 is 4.39 Å². The molecule has 1 fully saturated rings. The van der Waals surface area contributed by atoms with Crippen LogP contribution in [0.2, 0.25) is 0 Å². The molecule has 8 N–H and O–H groups in total. The minimum Gasteiger partial charge on any atom is -0.397 e. The number of hydrogen-bond acceptors (Lipinski definition) is 11. The molecule has 1 saturated heterocycles. The number of carbonyl (C=O) groups excluding carboxylic acids is 6. The van der Waals surface area contributed by atoms with E-state index in [-0.39, 0.29) is 72.1 Å². The Morgan fingerprint density at radius 3 is 2.54 bits per heavy atom. The topological polar surface area (TPSA) is 232 Å². The lowest BCUT2D eigenvalue weighted by Gasteiger charge is -2.27. The minimum atomic E-state index is -1.06. The highest BCUT2D eigenvalue weighted by Crippen LogP contribution is 2.36. The molecule has 15 nitrogen and oxygen atoms in total. The van der Waals surface area contributed by atoms with Gasteiger partial charge in [0.25, 0.3) is 11.8 Å². The average molecular weight is 710 g/mol. The van der Waals surface area contributed by atoms with Crippen LogP contribution in [-0.2, 0) is 19.2 Å². The molecule has 1 unspecified atom stereocenters. The van der Waals surface area contributed by atoms with Crippen molar-refractivity contribution >= 4 is 69.1 Å². The first-order chi connectivity index (χ1) is 24.9. The number of aromatic nitrogens is 2. The molecule has 52 heavy (non-hydrogen) atoms. The molecule has 268 valence electrons. The van der Waals surface area contributed by atoms with Gasteiger partial charge < -0.3 is 27.4 Å². The lowest BCUT2D eigenvalue weighted by Crippen LogP contribution is -2.54. The second kappa shape index (κ2) is 14.8. The molecule has 6 amide bonds. The van der Waals surface area contributed by atoms with Crippen molar-refractivity contribution in [1.82, 2.24) is 25.5 Å². The zero-order chi connectivity index (χ0) is 37.1. The average Bonchev–Trinajstić information content (AvgIpc) is 3.36. The number of nitrogen functional groups attached to an aromatic ring is 2. The predicted molar refractivity (Wildman–Crippen MR) is 190 cm³/mol. The minimum absolute atomic E-state index is 0.0306. The number of rotatable bonds is 12. The third-order valence-corrected chi connectivity index (χ3v) is 9.08. The number of nitrogens with zero attached hydrogens (tertiary/aromatic N) is 3. The second-order valence-electron chi connectivity index (χ2n) is 12.6. The molecule has 0 aliphatic carbocycles. The maximum atomic E-state index is 15.2. The van der Waals surface area contributed by atoms with Gasteiger partial charge in [0.2, 0.25) is 23.6 Å². The Morgan fingerprint density at radius 1 is 0.962 bits per heavy atom. The third kappa shape index (κ3) is 7.08. The number of anilines is 4. The molecule has 4 heterocycles. The number of imide groups is 2. The van der Waals surface area contributed by atoms with Crippen LogP contribution in [-0.4, -0.2) is 69.4 Å². The van der Waals surface area contributed by atoms with Gasteiger partial charge in [-0.1, -0.05) is 6.07 Å². The molecule has 0 spiro atoms. The van der Waals surface area contributed by atoms with Gasteiger partial charge in [0, 0.05) is 66.9 Å². The number of piperidine rings is 1. The molecule has 16 heteroatoms. The number of carbonyl (C=O) groups is 6. The Bertz CT molecular complexity index is 2160. The summed E-state index contributed by atoms with van der Waals surface area (Å²) in [5.41, 5.74) is 14.5. The highest BCUT2D eigenvalue weighted by molar-refractivity contribution is 6.25. The molecule has 2 aromatic heterocycles. The number of halogens is 1. The zero-order valence-corrected chi connectivity index (χ0v) is 28.2. The van der Waals surface area contributed by atoms with Gasteiger partial charge in [-0.25, -0.2) is 9.37 Å². The molecule has 4 aromatic rings. The SMILES string of the molecule is Cc1c(N)cncc1-c1cc2cc(NC(=O)CCCC(=O)NCCCNc3cccc4c3C(=O)N(C3CCC(=O)NC3=O)C4=O)ncc2c(N)c1F. The van der Waals surface area contributed by atoms with E-state index in [1.807, 2.05) is 0 Å². The van der Waals surface area contributed by atoms with Crippen LogP contribution in [0.15, 0.2) is 48.9 Å². The van der Waals surface area contributed by atoms with Gasteiger partial charge in [-0.15, -0.1) is 0 Å². The van der Waals surface area contributed by atoms with E-state index in [1.165, 1.54) is 24.7 Å². The Morgan fingerprint density at radius 2 is 1.75 bits per heavy atom. The molecule has 2 aliphatic rings. The van der Waals surface area contributed by atoms with E-state index in [2.05, 4.69) is 31.2 Å². The lowest BCUT2D eigenvalue weighted by atomic mass is 9.97. The number of amides is 6. The third-order valence-electron chi connectivity index (χ3n) is 9.08. The first kappa shape index (κ1) is 35.4. The van der Waals surface area contributed by atoms with Crippen molar-refractivity contribution in [3.8, 4) is 11.1 Å². The van der Waals surface area contributed by atoms with Crippen molar-refractivity contribution in [1.29, 1.82) is 0 Å². The predicted octanol–water partition coefficient (Wildman–Crippen LogP) is 3.04. The maximum absolute atomic E-state index is 15.2. The van der Waals surface area contributed by atoms with E-state index in [1.54, 1.807) is 31.2 Å². The number of nitrogens with one attached hydrogen (secondary N) is 4. The first-order valence-corrected chi connectivity index (χ1v) is 16.7. The van der Waals surface area contributed by atoms with Gasteiger partial charge in [0.1, 0.15) is 11.9 Å². The van der Waals surface area contributed by atoms with E-state index in [0.717, 1.165) is 4.90 Å². The van der Waals surface area contributed by atoms with Crippen LogP contribution in [0.25, 0.3) is 21.9 Å². The Kier molecular flexibility index (Phi) is 10.1. The van der Waals surface area contributed by atoms with E-state index in [4.69, 9.17) is 11.5 Å². The van der Waals surface area contributed by atoms with Gasteiger partial charge in [-0.3, -0.25) is 44.0 Å². The zero-order valence-electron chi connectivity index (χ0n) is 28.2. The van der Waals surface area contributed by atoms with Crippen molar-refractivity contribution < 1.29 is 33.2 Å². The van der Waals surface area contributed by atoms with Gasteiger partial charge in [-0.2, -0.15) is 0 Å². The summed E-state index contributed by atoms with van der Waals surface area (Å²) in [5.74, 6) is -3.30. The molecule has 2 aliphatic heterocycles. The van der Waals surface area contributed by atoms with Crippen LogP contribution in [0.5, 0.6) is 0 Å². The smallest absolute Gasteiger partial charge is 0.264 e. The molecular formula is C36H36FN9O6. The number of hydrogen-bond donors (Lipinski definition) is 6. The maximum Gasteiger partial charge on any atom is 0.264 e. The normalized spacial score (nSPS) is 15.4. The van der Waals surface area contributed by atoms with Crippen molar-refractivity contribution in [3.63, 3.8) is 0 Å². The Labute approximate surface area is 296 Å². The van der Waals surface area contributed by atoms with Crippen LogP contribution >= 0.6 is 0 Å². The molecule has 1 atom stereocenters. The number of nitrogens with two attached hydrogens (primary N) is 2. The Hall–Kier alpha value is -6.45. The lowest BCUT2D eigenvalue weighted by molar-refractivity contribution is -0.136. The standard InChI is InChI=1S/C36H36FN9O6/c1-18-22(15-40-17-24(18)38)21-13-19-14-27(43-16-23(19)33(39)32(21)37)44-29(48)8-3-7-28(47)42-12-4-11-41-25-6-2-5-20-31(25)36(52)46(35(20)51)26-9-10-30(49)45-34(26)50/h2,5-6,13-17,26,41H,3-4,7-12,38-39H2,1H3,(H,42,47)(H,43,44,48)(H,45,49,50). The molecule has 6 rings (SSSR count). The highest BCUT2D eigenvalue weighted by Gasteiger charge is 2.45. The van der Waals surface area contributed by atoms with Gasteiger partial charge >= 0.3 is 0 Å². The first-order valence-electron chi connectivity index (χ1n) is 16.7. The molecular weight excluding hydrogens is 673 g/mol. The fourth-order valence-corrected chi connectivity index (χ4v) is 6.28. The second-order valence-corrected chi connectivity index (χ2v) is 12.6. The summed E-state index contributed by atoms with van der Waals surface area (Å²) >= 11 is 0. The monoisotopic (exact) mass is 709 g/mol. The van der Waals surface area contributed by atoms with Crippen LogP contribution in [0.1, 0.15) is 64.8 Å². The number of pyridine rings is 2. The Balaban J connectivity index is 0.949. The number of fused-ring (bicyclic) bond motifs is 2. The summed E-state index contributed by atoms with van der Waals surface area (Å²) in [6, 6.07) is 6.94. The van der Waals surface area contributed by atoms with Crippen molar-refractivity contribution in [2.24, 2.45) is 0 Å². The van der Waals surface area contributed by atoms with Crippen LogP contribution < -0.4 is 32.7 Å². The van der Waals surface area contributed by atoms with Gasteiger partial charge in [-0.05, 0) is 61.4 Å². The fourth-order valence-electron chi connectivity index (χ4n) is 6.28. The summed E-state index contributed by atoms with van der Waals surface area (Å²) < 4.78 is 15.2. The number of benzene rings is 2. The quantitative estimate of drug-likeness (QED) is 0.0711. The molecule has 0 saturated carbocycles. The summed E-state index contributed by atoms with van der Waals surface area (Å²) in [6.45, 7) is 2.45. The molecule has 0 bridgehead atoms. The van der Waals surface area contributed by atoms with Crippen LogP contribution in [0.4, 0.5) is 27.3 Å². The van der Waals surface area contributed by atoms with Crippen LogP contribution in [0.3, 0.4) is 0 Å². The van der Waals surface area contributed by atoms with E-state index < -0.39 is 35.5 Å². The fraction of sp³-hybridized carbons (Fsp3) is 0.278. The van der Waals surface area contributed by atoms with E-state index in [9.17, 15) is 28.8 Å². The van der Waals surface area contributed by atoms with Crippen molar-refractivity contribution in [3.05, 3.63) is 71.4 Å². The summed E-state index contributed by atoms with van der Waals surface area (Å²) in [7, 11) is 0. The van der Waals surface area contributed by atoms with Gasteiger partial charge in [0.15, 0.2) is 5.82 Å².